The third kappa shape index (κ3) is 3.49. The molecule has 1 aliphatic heterocycles. The first-order valence-corrected chi connectivity index (χ1v) is 8.49. The van der Waals surface area contributed by atoms with Crippen molar-refractivity contribution in [1.82, 2.24) is 9.88 Å². The van der Waals surface area contributed by atoms with E-state index in [1.807, 2.05) is 65.5 Å². The van der Waals surface area contributed by atoms with E-state index >= 15 is 0 Å². The summed E-state index contributed by atoms with van der Waals surface area (Å²) < 4.78 is 7.85. The Morgan fingerprint density at radius 1 is 1.00 bits per heavy atom. The Labute approximate surface area is 147 Å². The Kier molecular flexibility index (Phi) is 4.36. The first-order chi connectivity index (χ1) is 12.3. The fourth-order valence-corrected chi connectivity index (χ4v) is 3.14. The Morgan fingerprint density at radius 3 is 2.48 bits per heavy atom. The zero-order chi connectivity index (χ0) is 17.1. The molecule has 4 heteroatoms. The largest absolute Gasteiger partial charge is 0.371 e. The summed E-state index contributed by atoms with van der Waals surface area (Å²) >= 11 is 0. The number of hydrogen-bond acceptors (Lipinski definition) is 2. The number of fused-ring (bicyclic) bond motifs is 1. The molecule has 2 aromatic carbocycles. The average molecular weight is 332 g/mol. The van der Waals surface area contributed by atoms with Crippen LogP contribution in [0.5, 0.6) is 0 Å². The van der Waals surface area contributed by atoms with Gasteiger partial charge < -0.3 is 14.6 Å². The molecule has 4 nitrogen and oxygen atoms in total. The van der Waals surface area contributed by atoms with Crippen molar-refractivity contribution < 1.29 is 9.53 Å². The molecule has 1 amide bonds. The van der Waals surface area contributed by atoms with Gasteiger partial charge in [-0.1, -0.05) is 24.3 Å². The lowest BCUT2D eigenvalue weighted by molar-refractivity contribution is 0.0285. The number of carbonyl (C=O) groups is 1. The summed E-state index contributed by atoms with van der Waals surface area (Å²) in [6.07, 6.45) is 4.82. The van der Waals surface area contributed by atoms with Crippen molar-refractivity contribution in [2.75, 3.05) is 6.54 Å². The van der Waals surface area contributed by atoms with Crippen molar-refractivity contribution in [3.05, 3.63) is 89.7 Å². The van der Waals surface area contributed by atoms with Crippen molar-refractivity contribution >= 4 is 5.91 Å². The minimum Gasteiger partial charge on any atom is -0.371 e. The van der Waals surface area contributed by atoms with Crippen LogP contribution in [0.15, 0.2) is 73.1 Å². The topological polar surface area (TPSA) is 43.3 Å². The molecular weight excluding hydrogens is 312 g/mol. The number of ether oxygens (including phenoxy) is 1. The van der Waals surface area contributed by atoms with Gasteiger partial charge in [-0.15, -0.1) is 0 Å². The fraction of sp³-hybridized carbons (Fsp3) is 0.190. The number of hydrogen-bond donors (Lipinski definition) is 1. The molecule has 0 saturated carbocycles. The van der Waals surface area contributed by atoms with Gasteiger partial charge >= 0.3 is 0 Å². The van der Waals surface area contributed by atoms with Crippen molar-refractivity contribution in [1.29, 1.82) is 0 Å². The standard InChI is InChI=1S/C21H20N2O2/c24-21(16-7-9-19(10-8-16)23-11-3-4-12-23)22-14-20-13-17-5-1-2-6-18(17)15-25-20/h1-12,20H,13-15H2,(H,22,24). The van der Waals surface area contributed by atoms with Gasteiger partial charge in [-0.3, -0.25) is 4.79 Å². The van der Waals surface area contributed by atoms with Crippen molar-refractivity contribution in [2.45, 2.75) is 19.1 Å². The van der Waals surface area contributed by atoms with Crippen molar-refractivity contribution in [3.63, 3.8) is 0 Å². The summed E-state index contributed by atoms with van der Waals surface area (Å²) in [6.45, 7) is 1.13. The molecule has 1 N–H and O–H groups in total. The van der Waals surface area contributed by atoms with E-state index in [1.165, 1.54) is 11.1 Å². The van der Waals surface area contributed by atoms with E-state index in [0.717, 1.165) is 12.1 Å². The molecular formula is C21H20N2O2. The molecule has 0 aliphatic carbocycles. The molecule has 2 heterocycles. The lowest BCUT2D eigenvalue weighted by atomic mass is 9.99. The number of benzene rings is 2. The molecule has 1 aromatic heterocycles. The number of amides is 1. The highest BCUT2D eigenvalue weighted by Gasteiger charge is 2.19. The van der Waals surface area contributed by atoms with Crippen LogP contribution in [0.3, 0.4) is 0 Å². The number of nitrogens with zero attached hydrogens (tertiary/aromatic N) is 1. The molecule has 3 aromatic rings. The molecule has 25 heavy (non-hydrogen) atoms. The number of carbonyl (C=O) groups excluding carboxylic acids is 1. The zero-order valence-electron chi connectivity index (χ0n) is 13.9. The lowest BCUT2D eigenvalue weighted by Gasteiger charge is -2.25. The molecule has 0 spiro atoms. The first-order valence-electron chi connectivity index (χ1n) is 8.49. The maximum absolute atomic E-state index is 12.4. The van der Waals surface area contributed by atoms with Gasteiger partial charge in [0.2, 0.25) is 0 Å². The Hall–Kier alpha value is -2.85. The monoisotopic (exact) mass is 332 g/mol. The first kappa shape index (κ1) is 15.7. The van der Waals surface area contributed by atoms with E-state index in [-0.39, 0.29) is 12.0 Å². The van der Waals surface area contributed by atoms with Gasteiger partial charge in [0.25, 0.3) is 5.91 Å². The SMILES string of the molecule is O=C(NCC1Cc2ccccc2CO1)c1ccc(-n2cccc2)cc1. The van der Waals surface area contributed by atoms with Gasteiger partial charge in [0.15, 0.2) is 0 Å². The van der Waals surface area contributed by atoms with Crippen LogP contribution in [0.1, 0.15) is 21.5 Å². The second-order valence-corrected chi connectivity index (χ2v) is 6.25. The summed E-state index contributed by atoms with van der Waals surface area (Å²) in [6, 6.07) is 19.8. The van der Waals surface area contributed by atoms with Crippen LogP contribution < -0.4 is 5.32 Å². The Bertz CT molecular complexity index is 854. The molecule has 1 atom stereocenters. The van der Waals surface area contributed by atoms with Crippen LogP contribution in [-0.4, -0.2) is 23.1 Å². The molecule has 1 aliphatic rings. The summed E-state index contributed by atoms with van der Waals surface area (Å²) in [5, 5.41) is 2.98. The minimum absolute atomic E-state index is 0.0259. The summed E-state index contributed by atoms with van der Waals surface area (Å²) in [7, 11) is 0. The highest BCUT2D eigenvalue weighted by molar-refractivity contribution is 5.94. The van der Waals surface area contributed by atoms with Gasteiger partial charge in [0, 0.05) is 36.6 Å². The van der Waals surface area contributed by atoms with E-state index < -0.39 is 0 Å². The quantitative estimate of drug-likeness (QED) is 0.796. The third-order valence-electron chi connectivity index (χ3n) is 4.56. The second kappa shape index (κ2) is 6.95. The normalized spacial score (nSPS) is 16.2. The van der Waals surface area contributed by atoms with Crippen LogP contribution in [0.2, 0.25) is 0 Å². The van der Waals surface area contributed by atoms with Crippen molar-refractivity contribution in [2.24, 2.45) is 0 Å². The second-order valence-electron chi connectivity index (χ2n) is 6.25. The Balaban J connectivity index is 1.35. The fourth-order valence-electron chi connectivity index (χ4n) is 3.14. The number of nitrogens with one attached hydrogen (secondary N) is 1. The predicted octanol–water partition coefficient (Wildman–Crippen LogP) is 3.35. The van der Waals surface area contributed by atoms with E-state index in [1.54, 1.807) is 0 Å². The minimum atomic E-state index is -0.0680. The van der Waals surface area contributed by atoms with Crippen molar-refractivity contribution in [3.8, 4) is 5.69 Å². The Morgan fingerprint density at radius 2 is 1.72 bits per heavy atom. The zero-order valence-corrected chi connectivity index (χ0v) is 13.9. The lowest BCUT2D eigenvalue weighted by Crippen LogP contribution is -2.36. The third-order valence-corrected chi connectivity index (χ3v) is 4.56. The van der Waals surface area contributed by atoms with Gasteiger partial charge in [-0.05, 0) is 47.5 Å². The summed E-state index contributed by atoms with van der Waals surface area (Å²) in [4.78, 5) is 12.4. The maximum atomic E-state index is 12.4. The number of aromatic nitrogens is 1. The van der Waals surface area contributed by atoms with Gasteiger partial charge in [0.1, 0.15) is 0 Å². The smallest absolute Gasteiger partial charge is 0.251 e. The molecule has 1 unspecified atom stereocenters. The molecule has 0 fully saturated rings. The van der Waals surface area contributed by atoms with E-state index in [0.29, 0.717) is 18.7 Å². The molecule has 0 saturated heterocycles. The summed E-state index contributed by atoms with van der Waals surface area (Å²) in [5.74, 6) is -0.0680. The molecule has 126 valence electrons. The molecule has 0 bridgehead atoms. The van der Waals surface area contributed by atoms with Crippen LogP contribution >= 0.6 is 0 Å². The van der Waals surface area contributed by atoms with Crippen LogP contribution in [0.25, 0.3) is 5.69 Å². The highest BCUT2D eigenvalue weighted by Crippen LogP contribution is 2.20. The highest BCUT2D eigenvalue weighted by atomic mass is 16.5. The summed E-state index contributed by atoms with van der Waals surface area (Å²) in [5.41, 5.74) is 4.25. The predicted molar refractivity (Wildman–Crippen MR) is 96.8 cm³/mol. The van der Waals surface area contributed by atoms with Gasteiger partial charge in [-0.25, -0.2) is 0 Å². The van der Waals surface area contributed by atoms with Crippen LogP contribution in [0, 0.1) is 0 Å². The maximum Gasteiger partial charge on any atom is 0.251 e. The van der Waals surface area contributed by atoms with Gasteiger partial charge in [-0.2, -0.15) is 0 Å². The molecule has 0 radical (unpaired) electrons. The van der Waals surface area contributed by atoms with Gasteiger partial charge in [0.05, 0.1) is 12.7 Å². The van der Waals surface area contributed by atoms with Crippen LogP contribution in [0.4, 0.5) is 0 Å². The molecule has 4 rings (SSSR count). The van der Waals surface area contributed by atoms with E-state index in [4.69, 9.17) is 4.74 Å². The number of rotatable bonds is 4. The van der Waals surface area contributed by atoms with E-state index in [2.05, 4.69) is 17.4 Å². The average Bonchev–Trinajstić information content (AvgIpc) is 3.21. The van der Waals surface area contributed by atoms with Crippen LogP contribution in [-0.2, 0) is 17.8 Å². The van der Waals surface area contributed by atoms with E-state index in [9.17, 15) is 4.79 Å².